The summed E-state index contributed by atoms with van der Waals surface area (Å²) in [4.78, 5) is 13.8. The Balaban J connectivity index is 0. The lowest BCUT2D eigenvalue weighted by molar-refractivity contribution is -0.117. The molecule has 0 fully saturated rings. The van der Waals surface area contributed by atoms with Crippen molar-refractivity contribution in [1.82, 2.24) is 0 Å². The van der Waals surface area contributed by atoms with Crippen molar-refractivity contribution in [2.45, 2.75) is 67.3 Å². The van der Waals surface area contributed by atoms with Gasteiger partial charge in [0.05, 0.1) is 0 Å². The van der Waals surface area contributed by atoms with E-state index in [9.17, 15) is 9.90 Å². The number of aryl methyl sites for hydroxylation is 1. The number of carbonyl (C=O) groups is 1. The van der Waals surface area contributed by atoms with E-state index in [-0.39, 0.29) is 17.7 Å². The SMILES string of the molecule is C#C.C#CC.C/C(N)=C\C=C(/C)Cl.C=C(O)c1ccc(-c2ccc3c(c2)CC[C@H](C)N3C(C)=O)cc1.CC. The Bertz CT molecular complexity index is 1110. The summed E-state index contributed by atoms with van der Waals surface area (Å²) in [5.41, 5.74) is 11.2. The molecule has 1 amide bonds. The molecule has 0 saturated heterocycles. The standard InChI is InChI=1S/C20H21NO2.C6H10ClN.C3H4.C2H6.C2H2/c1-13-4-5-19-12-18(10-11-20(19)21(13)15(3)23)17-8-6-16(7-9-17)14(2)22;1-5(7)3-4-6(2)8;1-3-2;2*1-2/h6-13,22H,2,4-5H2,1,3H3;3-4H,8H2,1-2H3;1H,2H3;1-2H3;1-2H/b;5-3+,6-4+;;;/t13-;;;;/m0..../s1. The zero-order valence-electron chi connectivity index (χ0n) is 23.9. The minimum Gasteiger partial charge on any atom is -0.508 e. The van der Waals surface area contributed by atoms with Crippen molar-refractivity contribution in [2.24, 2.45) is 5.73 Å². The third-order valence-corrected chi connectivity index (χ3v) is 5.20. The van der Waals surface area contributed by atoms with E-state index in [4.69, 9.17) is 17.3 Å². The summed E-state index contributed by atoms with van der Waals surface area (Å²) < 4.78 is 0. The molecular formula is C33H43ClN2O2. The second kappa shape index (κ2) is 20.2. The van der Waals surface area contributed by atoms with Crippen LogP contribution in [0.2, 0.25) is 0 Å². The Morgan fingerprint density at radius 1 is 1.11 bits per heavy atom. The highest BCUT2D eigenvalue weighted by Gasteiger charge is 2.26. The van der Waals surface area contributed by atoms with Crippen LogP contribution in [0, 0.1) is 25.2 Å². The number of nitrogens with zero attached hydrogens (tertiary/aromatic N) is 1. The Morgan fingerprint density at radius 3 is 2.00 bits per heavy atom. The van der Waals surface area contributed by atoms with Crippen molar-refractivity contribution >= 4 is 29.0 Å². The smallest absolute Gasteiger partial charge is 0.224 e. The van der Waals surface area contributed by atoms with Crippen molar-refractivity contribution < 1.29 is 9.90 Å². The second-order valence-electron chi connectivity index (χ2n) is 8.10. The van der Waals surface area contributed by atoms with Crippen molar-refractivity contribution in [3.05, 3.63) is 83.1 Å². The van der Waals surface area contributed by atoms with Gasteiger partial charge in [0.25, 0.3) is 0 Å². The number of nitrogens with two attached hydrogens (primary N) is 1. The molecule has 1 aliphatic heterocycles. The number of carbonyl (C=O) groups excluding carboxylic acids is 1. The molecule has 2 aromatic rings. The lowest BCUT2D eigenvalue weighted by atomic mass is 9.93. The monoisotopic (exact) mass is 534 g/mol. The number of hydrogen-bond acceptors (Lipinski definition) is 3. The lowest BCUT2D eigenvalue weighted by Gasteiger charge is -2.34. The maximum Gasteiger partial charge on any atom is 0.224 e. The van der Waals surface area contributed by atoms with Crippen molar-refractivity contribution in [1.29, 1.82) is 0 Å². The van der Waals surface area contributed by atoms with Gasteiger partial charge >= 0.3 is 0 Å². The van der Waals surface area contributed by atoms with Crippen LogP contribution in [0.25, 0.3) is 16.9 Å². The molecule has 0 unspecified atom stereocenters. The first kappa shape index (κ1) is 36.3. The number of anilines is 1. The average Bonchev–Trinajstić information content (AvgIpc) is 2.90. The quantitative estimate of drug-likeness (QED) is 0.236. The van der Waals surface area contributed by atoms with E-state index < -0.39 is 0 Å². The Morgan fingerprint density at radius 2 is 1.61 bits per heavy atom. The Labute approximate surface area is 235 Å². The van der Waals surface area contributed by atoms with Gasteiger partial charge in [-0.25, -0.2) is 0 Å². The van der Waals surface area contributed by atoms with Gasteiger partial charge in [0, 0.05) is 34.9 Å². The summed E-state index contributed by atoms with van der Waals surface area (Å²) in [6, 6.07) is 14.2. The van der Waals surface area contributed by atoms with Gasteiger partial charge in [0.1, 0.15) is 5.76 Å². The van der Waals surface area contributed by atoms with Gasteiger partial charge < -0.3 is 15.7 Å². The zero-order valence-corrected chi connectivity index (χ0v) is 24.6. The zero-order chi connectivity index (χ0) is 29.8. The van der Waals surface area contributed by atoms with Crippen LogP contribution in [0.4, 0.5) is 5.69 Å². The van der Waals surface area contributed by atoms with Gasteiger partial charge in [-0.2, -0.15) is 0 Å². The maximum absolute atomic E-state index is 11.9. The summed E-state index contributed by atoms with van der Waals surface area (Å²) in [5, 5.41) is 10.2. The summed E-state index contributed by atoms with van der Waals surface area (Å²) in [5.74, 6) is 2.42. The molecule has 1 aliphatic rings. The first-order chi connectivity index (χ1) is 18.0. The van der Waals surface area contributed by atoms with Crippen molar-refractivity contribution in [2.75, 3.05) is 4.90 Å². The summed E-state index contributed by atoms with van der Waals surface area (Å²) >= 11 is 5.48. The van der Waals surface area contributed by atoms with E-state index in [0.717, 1.165) is 45.9 Å². The number of rotatable bonds is 3. The Hall–Kier alpha value is -3.86. The largest absolute Gasteiger partial charge is 0.508 e. The van der Waals surface area contributed by atoms with E-state index in [1.165, 1.54) is 5.56 Å². The normalized spacial score (nSPS) is 13.6. The Kier molecular flexibility index (Phi) is 19.3. The molecule has 0 spiro atoms. The third-order valence-electron chi connectivity index (χ3n) is 5.08. The molecule has 5 heteroatoms. The first-order valence-corrected chi connectivity index (χ1v) is 12.8. The number of fused-ring (bicyclic) bond motifs is 1. The highest BCUT2D eigenvalue weighted by molar-refractivity contribution is 6.29. The first-order valence-electron chi connectivity index (χ1n) is 12.4. The predicted molar refractivity (Wildman–Crippen MR) is 168 cm³/mol. The maximum atomic E-state index is 11.9. The van der Waals surface area contributed by atoms with Gasteiger partial charge in [-0.15, -0.1) is 25.2 Å². The van der Waals surface area contributed by atoms with E-state index in [1.54, 1.807) is 32.9 Å². The minimum atomic E-state index is 0.0769. The minimum absolute atomic E-state index is 0.0769. The van der Waals surface area contributed by atoms with Crippen LogP contribution in [-0.4, -0.2) is 17.1 Å². The number of amides is 1. The molecule has 1 heterocycles. The van der Waals surface area contributed by atoms with E-state index >= 15 is 0 Å². The molecule has 204 valence electrons. The van der Waals surface area contributed by atoms with Crippen LogP contribution in [0.3, 0.4) is 0 Å². The molecule has 0 bridgehead atoms. The van der Waals surface area contributed by atoms with Crippen LogP contribution < -0.4 is 10.6 Å². The van der Waals surface area contributed by atoms with Crippen LogP contribution in [0.5, 0.6) is 0 Å². The molecule has 0 radical (unpaired) electrons. The number of aliphatic hydroxyl groups is 1. The van der Waals surface area contributed by atoms with Crippen LogP contribution in [0.15, 0.2) is 71.9 Å². The number of terminal acetylenes is 2. The van der Waals surface area contributed by atoms with Gasteiger partial charge in [-0.3, -0.25) is 4.79 Å². The third kappa shape index (κ3) is 12.9. The van der Waals surface area contributed by atoms with Crippen LogP contribution in [0.1, 0.15) is 66.0 Å². The molecular weight excluding hydrogens is 492 g/mol. The molecule has 2 aromatic carbocycles. The summed E-state index contributed by atoms with van der Waals surface area (Å²) in [6.07, 6.45) is 18.1. The topological polar surface area (TPSA) is 66.6 Å². The second-order valence-corrected chi connectivity index (χ2v) is 8.69. The molecule has 0 aliphatic carbocycles. The van der Waals surface area contributed by atoms with Crippen LogP contribution in [-0.2, 0) is 11.2 Å². The molecule has 38 heavy (non-hydrogen) atoms. The predicted octanol–water partition coefficient (Wildman–Crippen LogP) is 8.48. The molecule has 1 atom stereocenters. The molecule has 3 N–H and O–H groups in total. The van der Waals surface area contributed by atoms with Gasteiger partial charge in [-0.05, 0) is 81.5 Å². The highest BCUT2D eigenvalue weighted by atomic mass is 35.5. The summed E-state index contributed by atoms with van der Waals surface area (Å²) in [6.45, 7) is 16.5. The van der Waals surface area contributed by atoms with Gasteiger partial charge in [0.2, 0.25) is 5.91 Å². The number of aliphatic hydroxyl groups excluding tert-OH is 1. The summed E-state index contributed by atoms with van der Waals surface area (Å²) in [7, 11) is 0. The van der Waals surface area contributed by atoms with Crippen LogP contribution >= 0.6 is 11.6 Å². The molecule has 4 nitrogen and oxygen atoms in total. The average molecular weight is 535 g/mol. The fourth-order valence-electron chi connectivity index (χ4n) is 3.51. The number of hydrogen-bond donors (Lipinski definition) is 2. The van der Waals surface area contributed by atoms with Gasteiger partial charge in [-0.1, -0.05) is 62.4 Å². The highest BCUT2D eigenvalue weighted by Crippen LogP contribution is 2.34. The number of halogens is 1. The molecule has 0 aromatic heterocycles. The number of benzene rings is 2. The van der Waals surface area contributed by atoms with E-state index in [1.807, 2.05) is 56.0 Å². The van der Waals surface area contributed by atoms with Crippen molar-refractivity contribution in [3.8, 4) is 36.3 Å². The van der Waals surface area contributed by atoms with E-state index in [2.05, 4.69) is 50.8 Å². The number of allylic oxidation sites excluding steroid dienone is 4. The van der Waals surface area contributed by atoms with Crippen molar-refractivity contribution in [3.63, 3.8) is 0 Å². The molecule has 3 rings (SSSR count). The lowest BCUT2D eigenvalue weighted by Crippen LogP contribution is -2.40. The fraction of sp³-hybridized carbons (Fsp3) is 0.303. The van der Waals surface area contributed by atoms with Gasteiger partial charge in [0.15, 0.2) is 0 Å². The molecule has 0 saturated carbocycles. The van der Waals surface area contributed by atoms with E-state index in [0.29, 0.717) is 0 Å². The fourth-order valence-corrected chi connectivity index (χ4v) is 3.58.